The van der Waals surface area contributed by atoms with E-state index in [2.05, 4.69) is 83.7 Å². The van der Waals surface area contributed by atoms with Gasteiger partial charge in [-0.05, 0) is 108 Å². The molecule has 2 aromatic carbocycles. The van der Waals surface area contributed by atoms with Crippen LogP contribution in [0.3, 0.4) is 0 Å². The maximum absolute atomic E-state index is 15.2. The van der Waals surface area contributed by atoms with Gasteiger partial charge in [-0.3, -0.25) is 86.9 Å². The van der Waals surface area contributed by atoms with E-state index in [1.807, 2.05) is 0 Å². The molecule has 2 aromatic heterocycles. The van der Waals surface area contributed by atoms with E-state index in [9.17, 15) is 107 Å². The highest BCUT2D eigenvalue weighted by atomic mass is 16.4. The van der Waals surface area contributed by atoms with E-state index in [0.717, 1.165) is 22.3 Å². The molecule has 0 aliphatic carbocycles. The molecule has 0 bridgehead atoms. The van der Waals surface area contributed by atoms with Crippen molar-refractivity contribution in [3.05, 3.63) is 108 Å². The number of nitrogens with zero attached hydrogens (tertiary/aromatic N) is 5. The summed E-state index contributed by atoms with van der Waals surface area (Å²) < 4.78 is 0. The van der Waals surface area contributed by atoms with Gasteiger partial charge in [0, 0.05) is 77.1 Å². The zero-order chi connectivity index (χ0) is 94.0. The van der Waals surface area contributed by atoms with Gasteiger partial charge in [0.1, 0.15) is 84.6 Å². The number of nitrogens with one attached hydrogen (secondary N) is 15. The second-order valence-electron chi connectivity index (χ2n) is 31.8. The standard InChI is InChI=1S/C82H117N23O23/c1-5-43(2)65(76(122)96-54(81(127)128)20-12-30-89-82(85)86)101-71(117)53(26-29-64(111)112)93-69(115)52(25-28-63(109)110)95-77(123)66(45(4)107)102-75(121)60-22-14-32-104(60)80(126)61-23-15-33-105(61)78(124)57(37-49-39-88-42-91-49)99-70(116)51(24-27-62(84)108)94-72(118)55(35-47-18-10-7-11-19-47)97-67(113)44(3)92-74(120)59-21-13-31-103(59)79(125)58(40-106)100-73(119)56(36-48-38-87-41-90-48)98-68(114)50(83)34-46-16-8-6-9-17-46/h6-11,16-19,38-39,41-45,50-61,65-66,106-107H,5,12-15,20-37,40,83H2,1-4H3,(H2,84,108)(H,87,90)(H,88,91)(H,92,120)(H,93,115)(H,94,118)(H,95,123)(H,96,122)(H,97,113)(H,98,114)(H,99,116)(H,100,119)(H,101,117)(H,102,121)(H,109,110)(H,111,112)(H,127,128)(H4,85,86,89)/t43-,44-,45+,50-,51-,52-,53-,54-,55-,56-,57-,58-,59-,60-,61-,65-,66-/m0/s1. The Bertz CT molecular complexity index is 4530. The third-order valence-electron chi connectivity index (χ3n) is 22.1. The Morgan fingerprint density at radius 1 is 0.477 bits per heavy atom. The summed E-state index contributed by atoms with van der Waals surface area (Å²) in [5.74, 6) is -19.9. The van der Waals surface area contributed by atoms with Crippen LogP contribution in [0.2, 0.25) is 0 Å². The number of amides is 15. The molecule has 0 unspecified atom stereocenters. The second-order valence-corrected chi connectivity index (χ2v) is 31.8. The van der Waals surface area contributed by atoms with Crippen molar-refractivity contribution in [2.45, 2.75) is 246 Å². The fourth-order valence-corrected chi connectivity index (χ4v) is 14.9. The fourth-order valence-electron chi connectivity index (χ4n) is 14.9. The number of carbonyl (C=O) groups excluding carboxylic acids is 15. The van der Waals surface area contributed by atoms with E-state index in [1.54, 1.807) is 74.5 Å². The van der Waals surface area contributed by atoms with E-state index in [-0.39, 0.29) is 121 Å². The molecular formula is C82H117N23O23. The van der Waals surface area contributed by atoms with E-state index in [1.165, 1.54) is 36.9 Å². The lowest BCUT2D eigenvalue weighted by molar-refractivity contribution is -0.148. The minimum atomic E-state index is -1.96. The molecule has 0 spiro atoms. The quantitative estimate of drug-likeness (QED) is 0.0111. The van der Waals surface area contributed by atoms with Crippen molar-refractivity contribution < 1.29 is 112 Å². The van der Waals surface area contributed by atoms with Gasteiger partial charge in [-0.2, -0.15) is 0 Å². The Balaban J connectivity index is 1.02. The topological polar surface area (TPSA) is 722 Å². The van der Waals surface area contributed by atoms with Gasteiger partial charge in [-0.15, -0.1) is 0 Å². The molecule has 7 rings (SSSR count). The number of hydrogen-bond donors (Lipinski definition) is 23. The van der Waals surface area contributed by atoms with Crippen molar-refractivity contribution in [1.82, 2.24) is 98.4 Å². The van der Waals surface area contributed by atoms with Crippen LogP contribution < -0.4 is 81.0 Å². The Morgan fingerprint density at radius 2 is 0.898 bits per heavy atom. The summed E-state index contributed by atoms with van der Waals surface area (Å²) in [6, 6.07) is -5.77. The van der Waals surface area contributed by atoms with Crippen LogP contribution in [0.5, 0.6) is 0 Å². The van der Waals surface area contributed by atoms with Crippen molar-refractivity contribution in [3.63, 3.8) is 0 Å². The highest BCUT2D eigenvalue weighted by Gasteiger charge is 2.47. The predicted molar refractivity (Wildman–Crippen MR) is 451 cm³/mol. The van der Waals surface area contributed by atoms with Crippen LogP contribution in [0.25, 0.3) is 0 Å². The van der Waals surface area contributed by atoms with Crippen molar-refractivity contribution in [3.8, 4) is 0 Å². The minimum Gasteiger partial charge on any atom is -0.481 e. The number of aliphatic carboxylic acids is 3. The Kier molecular flexibility index (Phi) is 39.7. The molecule has 0 saturated carbocycles. The number of rotatable bonds is 51. The zero-order valence-electron chi connectivity index (χ0n) is 71.4. The minimum absolute atomic E-state index is 0.0189. The molecule has 26 N–H and O–H groups in total. The average molecular weight is 1790 g/mol. The number of carboxylic acids is 3. The summed E-state index contributed by atoms with van der Waals surface area (Å²) in [5.41, 5.74) is 19.0. The largest absolute Gasteiger partial charge is 0.481 e. The number of H-pyrrole nitrogens is 2. The van der Waals surface area contributed by atoms with Gasteiger partial charge in [0.05, 0.1) is 42.8 Å². The summed E-state index contributed by atoms with van der Waals surface area (Å²) in [6.45, 7) is 4.52. The first-order valence-electron chi connectivity index (χ1n) is 42.2. The number of guanidine groups is 1. The van der Waals surface area contributed by atoms with Crippen molar-refractivity contribution in [2.75, 3.05) is 32.8 Å². The van der Waals surface area contributed by atoms with Crippen molar-refractivity contribution >= 4 is 112 Å². The van der Waals surface area contributed by atoms with Gasteiger partial charge in [-0.1, -0.05) is 80.9 Å². The first-order chi connectivity index (χ1) is 60.9. The fraction of sp³-hybridized carbons (Fsp3) is 0.549. The van der Waals surface area contributed by atoms with Gasteiger partial charge >= 0.3 is 17.9 Å². The van der Waals surface area contributed by atoms with Crippen LogP contribution in [-0.4, -0.2) is 302 Å². The number of benzene rings is 2. The molecule has 128 heavy (non-hydrogen) atoms. The van der Waals surface area contributed by atoms with Crippen LogP contribution in [0, 0.1) is 11.3 Å². The number of likely N-dealkylation sites (tertiary alicyclic amines) is 3. The van der Waals surface area contributed by atoms with Crippen LogP contribution >= 0.6 is 0 Å². The molecule has 4 aromatic rings. The molecule has 3 fully saturated rings. The first kappa shape index (κ1) is 102. The summed E-state index contributed by atoms with van der Waals surface area (Å²) in [6.07, 6.45) is 0.173. The number of aliphatic hydroxyl groups is 2. The maximum atomic E-state index is 15.2. The molecule has 15 amide bonds. The third-order valence-corrected chi connectivity index (χ3v) is 22.1. The summed E-state index contributed by atoms with van der Waals surface area (Å²) in [5, 5.41) is 88.2. The second kappa shape index (κ2) is 50.0. The van der Waals surface area contributed by atoms with Crippen LogP contribution in [-0.2, 0) is 112 Å². The number of carboxylic acid groups (broad SMARTS) is 3. The summed E-state index contributed by atoms with van der Waals surface area (Å²) in [7, 11) is 0. The Labute approximate surface area is 735 Å². The first-order valence-corrected chi connectivity index (χ1v) is 42.2. The molecule has 3 saturated heterocycles. The zero-order valence-corrected chi connectivity index (χ0v) is 71.4. The molecule has 5 heterocycles. The summed E-state index contributed by atoms with van der Waals surface area (Å²) in [4.78, 5) is 267. The van der Waals surface area contributed by atoms with Crippen molar-refractivity contribution in [1.29, 1.82) is 5.41 Å². The van der Waals surface area contributed by atoms with Crippen LogP contribution in [0.15, 0.2) is 85.7 Å². The van der Waals surface area contributed by atoms with Crippen LogP contribution in [0.4, 0.5) is 0 Å². The van der Waals surface area contributed by atoms with Gasteiger partial charge in [0.15, 0.2) is 5.96 Å². The monoisotopic (exact) mass is 1790 g/mol. The van der Waals surface area contributed by atoms with Crippen molar-refractivity contribution in [2.24, 2.45) is 23.1 Å². The maximum Gasteiger partial charge on any atom is 0.326 e. The van der Waals surface area contributed by atoms with Gasteiger partial charge in [-0.25, -0.2) is 14.8 Å². The highest BCUT2D eigenvalue weighted by molar-refractivity contribution is 6.01. The number of aromatic amines is 2. The molecule has 46 heteroatoms. The molecule has 0 radical (unpaired) electrons. The molecule has 17 atom stereocenters. The number of imidazole rings is 2. The smallest absolute Gasteiger partial charge is 0.326 e. The Morgan fingerprint density at radius 3 is 1.40 bits per heavy atom. The van der Waals surface area contributed by atoms with Gasteiger partial charge in [0.2, 0.25) is 88.6 Å². The van der Waals surface area contributed by atoms with Gasteiger partial charge < -0.3 is 131 Å². The van der Waals surface area contributed by atoms with Gasteiger partial charge in [0.25, 0.3) is 0 Å². The molecular weight excluding hydrogens is 1680 g/mol. The number of hydrogen-bond acceptors (Lipinski definition) is 24. The predicted octanol–water partition coefficient (Wildman–Crippen LogP) is -6.18. The number of nitrogens with two attached hydrogens (primary N) is 3. The van der Waals surface area contributed by atoms with E-state index in [4.69, 9.17) is 22.6 Å². The van der Waals surface area contributed by atoms with E-state index >= 15 is 4.79 Å². The third kappa shape index (κ3) is 31.0. The molecule has 3 aliphatic rings. The Hall–Kier alpha value is -13.5. The average Bonchev–Trinajstić information content (AvgIpc) is 1.65. The number of aromatic nitrogens is 4. The number of aliphatic hydroxyl groups excluding tert-OH is 2. The molecule has 3 aliphatic heterocycles. The number of carbonyl (C=O) groups is 18. The normalized spacial score (nSPS) is 18.0. The summed E-state index contributed by atoms with van der Waals surface area (Å²) >= 11 is 0. The lowest BCUT2D eigenvalue weighted by Crippen LogP contribution is -2.62. The number of primary amides is 1. The van der Waals surface area contributed by atoms with E-state index in [0.29, 0.717) is 11.3 Å². The lowest BCUT2D eigenvalue weighted by Gasteiger charge is -2.34. The molecule has 46 nitrogen and oxygen atoms in total. The van der Waals surface area contributed by atoms with Crippen LogP contribution in [0.1, 0.15) is 147 Å². The highest BCUT2D eigenvalue weighted by Crippen LogP contribution is 2.28. The lowest BCUT2D eigenvalue weighted by atomic mass is 9.96. The molecule has 698 valence electrons. The van der Waals surface area contributed by atoms with E-state index < -0.39 is 254 Å². The SMILES string of the molecule is CC[C@H](C)[C@H](NC(=O)[C@H](CCC(=O)O)NC(=O)[C@H](CCC(=O)O)NC(=O)[C@@H](NC(=O)[C@@H]1CCCN1C(=O)[C@@H]1CCCN1C(=O)[C@H](Cc1c[nH]cn1)NC(=O)[C@H](CCC(N)=O)NC(=O)[C@H](Cc1ccccc1)NC(=O)[C@H](C)NC(=O)[C@@H]1CCCN1C(=O)[C@H](CO)NC(=O)[C@H](Cc1c[nH]cn1)NC(=O)[C@@H](N)Cc1ccccc1)[C@@H](C)O)C(=O)N[C@@H](CCCNC(=N)N)C(=O)O.